The maximum Gasteiger partial charge on any atom is 0.228 e. The summed E-state index contributed by atoms with van der Waals surface area (Å²) in [4.78, 5) is 4.38. The Bertz CT molecular complexity index is 1330. The van der Waals surface area contributed by atoms with Gasteiger partial charge in [-0.2, -0.15) is 0 Å². The third kappa shape index (κ3) is 5.09. The van der Waals surface area contributed by atoms with Crippen molar-refractivity contribution in [1.82, 2.24) is 10.1 Å². The Morgan fingerprint density at radius 3 is 2.50 bits per heavy atom. The first kappa shape index (κ1) is 21.7. The predicted octanol–water partition coefficient (Wildman–Crippen LogP) is 6.93. The summed E-state index contributed by atoms with van der Waals surface area (Å²) in [7, 11) is 0. The van der Waals surface area contributed by atoms with E-state index in [1.54, 1.807) is 6.07 Å². The Morgan fingerprint density at radius 2 is 1.65 bits per heavy atom. The molecule has 3 aromatic carbocycles. The summed E-state index contributed by atoms with van der Waals surface area (Å²) in [5, 5.41) is 6.68. The van der Waals surface area contributed by atoms with E-state index in [9.17, 15) is 4.39 Å². The Labute approximate surface area is 198 Å². The first-order valence-electron chi connectivity index (χ1n) is 11.5. The molecule has 0 spiro atoms. The van der Waals surface area contributed by atoms with Gasteiger partial charge in [-0.1, -0.05) is 71.9 Å². The van der Waals surface area contributed by atoms with Crippen LogP contribution in [0.3, 0.4) is 0 Å². The lowest BCUT2D eigenvalue weighted by atomic mass is 10.0. The first-order chi connectivity index (χ1) is 16.8. The van der Waals surface area contributed by atoms with Gasteiger partial charge in [0.05, 0.1) is 0 Å². The van der Waals surface area contributed by atoms with Gasteiger partial charge < -0.3 is 14.3 Å². The molecule has 0 unspecified atom stereocenters. The fourth-order valence-corrected chi connectivity index (χ4v) is 4.19. The van der Waals surface area contributed by atoms with E-state index in [4.69, 9.17) is 4.52 Å². The average Bonchev–Trinajstić information content (AvgIpc) is 3.21. The van der Waals surface area contributed by atoms with Crippen LogP contribution in [0.15, 0.2) is 114 Å². The highest BCUT2D eigenvalue weighted by Crippen LogP contribution is 2.28. The zero-order valence-corrected chi connectivity index (χ0v) is 18.8. The van der Waals surface area contributed by atoms with Crippen molar-refractivity contribution in [3.8, 4) is 11.3 Å². The highest BCUT2D eigenvalue weighted by Gasteiger charge is 2.16. The Balaban J connectivity index is 1.39. The van der Waals surface area contributed by atoms with Gasteiger partial charge in [0.15, 0.2) is 0 Å². The second-order valence-electron chi connectivity index (χ2n) is 8.28. The molecule has 0 aliphatic carbocycles. The van der Waals surface area contributed by atoms with Crippen LogP contribution >= 0.6 is 0 Å². The molecule has 1 aromatic heterocycles. The summed E-state index contributed by atoms with van der Waals surface area (Å²) in [6.07, 6.45) is 13.2. The molecule has 170 valence electrons. The lowest BCUT2D eigenvalue weighted by molar-refractivity contribution is 0.411. The van der Waals surface area contributed by atoms with Crippen LogP contribution in [-0.4, -0.2) is 23.1 Å². The zero-order valence-electron chi connectivity index (χ0n) is 18.8. The summed E-state index contributed by atoms with van der Waals surface area (Å²) >= 11 is 0. The van der Waals surface area contributed by atoms with E-state index in [1.165, 1.54) is 28.5 Å². The van der Waals surface area contributed by atoms with E-state index in [0.29, 0.717) is 23.7 Å². The lowest BCUT2D eigenvalue weighted by Gasteiger charge is -2.23. The van der Waals surface area contributed by atoms with Crippen LogP contribution < -0.4 is 4.90 Å². The van der Waals surface area contributed by atoms with Crippen LogP contribution in [0.5, 0.6) is 0 Å². The number of nitrogens with zero attached hydrogens (tertiary/aromatic N) is 3. The van der Waals surface area contributed by atoms with Crippen molar-refractivity contribution in [2.75, 3.05) is 18.0 Å². The normalized spacial score (nSPS) is 12.9. The average molecular weight is 452 g/mol. The van der Waals surface area contributed by atoms with Crippen molar-refractivity contribution in [2.45, 2.75) is 13.0 Å². The zero-order chi connectivity index (χ0) is 23.2. The molecule has 5 heteroatoms. The summed E-state index contributed by atoms with van der Waals surface area (Å²) in [6, 6.07) is 23.1. The largest absolute Gasteiger partial charge is 0.354 e. The van der Waals surface area contributed by atoms with E-state index in [2.05, 4.69) is 69.8 Å². The number of benzene rings is 3. The van der Waals surface area contributed by atoms with Crippen molar-refractivity contribution in [2.24, 2.45) is 0 Å². The molecule has 0 bridgehead atoms. The summed E-state index contributed by atoms with van der Waals surface area (Å²) in [5.41, 5.74) is 2.55. The Kier molecular flexibility index (Phi) is 6.52. The van der Waals surface area contributed by atoms with E-state index in [1.807, 2.05) is 36.4 Å². The standard InChI is InChI=1S/C29H26FN3O/c30-26-14-8-12-24(20-26)28-21-29(34-31-28)33(19-9-18-32-16-5-1-2-6-17-32)22-25-13-7-11-23-10-3-4-15-27(23)25/h1-8,10-17,20-21H,9,18-19,22H2. The van der Waals surface area contributed by atoms with Gasteiger partial charge in [-0.3, -0.25) is 0 Å². The monoisotopic (exact) mass is 451 g/mol. The molecule has 34 heavy (non-hydrogen) atoms. The highest BCUT2D eigenvalue weighted by atomic mass is 19.1. The van der Waals surface area contributed by atoms with Crippen molar-refractivity contribution in [3.63, 3.8) is 0 Å². The van der Waals surface area contributed by atoms with E-state index < -0.39 is 0 Å². The molecule has 5 rings (SSSR count). The van der Waals surface area contributed by atoms with Crippen LogP contribution in [0.4, 0.5) is 10.3 Å². The maximum atomic E-state index is 13.7. The summed E-state index contributed by atoms with van der Waals surface area (Å²) < 4.78 is 19.5. The van der Waals surface area contributed by atoms with Crippen LogP contribution in [0, 0.1) is 5.82 Å². The fourth-order valence-electron chi connectivity index (χ4n) is 4.19. The molecule has 4 aromatic rings. The molecular formula is C29H26FN3O. The van der Waals surface area contributed by atoms with Crippen LogP contribution in [0.25, 0.3) is 22.0 Å². The molecule has 0 atom stereocenters. The predicted molar refractivity (Wildman–Crippen MR) is 136 cm³/mol. The smallest absolute Gasteiger partial charge is 0.228 e. The van der Waals surface area contributed by atoms with Crippen LogP contribution in [0.1, 0.15) is 12.0 Å². The van der Waals surface area contributed by atoms with E-state index in [0.717, 1.165) is 19.5 Å². The number of halogens is 1. The molecule has 2 heterocycles. The molecule has 0 saturated heterocycles. The Morgan fingerprint density at radius 1 is 0.853 bits per heavy atom. The second-order valence-corrected chi connectivity index (χ2v) is 8.28. The molecule has 0 fully saturated rings. The third-order valence-corrected chi connectivity index (χ3v) is 5.90. The van der Waals surface area contributed by atoms with Gasteiger partial charge in [0.25, 0.3) is 0 Å². The summed E-state index contributed by atoms with van der Waals surface area (Å²) in [6.45, 7) is 2.35. The molecule has 0 N–H and O–H groups in total. The number of allylic oxidation sites excluding steroid dienone is 4. The van der Waals surface area contributed by atoms with Gasteiger partial charge in [-0.05, 0) is 47.0 Å². The topological polar surface area (TPSA) is 32.5 Å². The number of rotatable bonds is 8. The molecule has 4 nitrogen and oxygen atoms in total. The minimum atomic E-state index is -0.289. The molecule has 0 amide bonds. The first-order valence-corrected chi connectivity index (χ1v) is 11.5. The van der Waals surface area contributed by atoms with Gasteiger partial charge in [0.2, 0.25) is 5.88 Å². The maximum absolute atomic E-state index is 13.7. The van der Waals surface area contributed by atoms with Gasteiger partial charge in [-0.15, -0.1) is 0 Å². The molecular weight excluding hydrogens is 425 g/mol. The molecule has 1 aliphatic rings. The van der Waals surface area contributed by atoms with Crippen LogP contribution in [0.2, 0.25) is 0 Å². The fraction of sp³-hybridized carbons (Fsp3) is 0.138. The summed E-state index contributed by atoms with van der Waals surface area (Å²) in [5.74, 6) is 0.388. The van der Waals surface area contributed by atoms with Gasteiger partial charge in [-0.25, -0.2) is 4.39 Å². The third-order valence-electron chi connectivity index (χ3n) is 5.90. The van der Waals surface area contributed by atoms with Crippen molar-refractivity contribution >= 4 is 16.7 Å². The minimum absolute atomic E-state index is 0.289. The highest BCUT2D eigenvalue weighted by molar-refractivity contribution is 5.85. The quantitative estimate of drug-likeness (QED) is 0.291. The number of fused-ring (bicyclic) bond motifs is 1. The molecule has 1 aliphatic heterocycles. The number of anilines is 1. The van der Waals surface area contributed by atoms with Crippen molar-refractivity contribution in [1.29, 1.82) is 0 Å². The molecule has 0 saturated carbocycles. The SMILES string of the molecule is Fc1cccc(-c2cc(N(CCCN3C=CC=CC=C3)Cc3cccc4ccccc34)on2)c1. The number of hydrogen-bond acceptors (Lipinski definition) is 4. The van der Waals surface area contributed by atoms with Gasteiger partial charge in [0, 0.05) is 43.7 Å². The number of aromatic nitrogens is 1. The number of hydrogen-bond donors (Lipinski definition) is 0. The molecule has 0 radical (unpaired) electrons. The minimum Gasteiger partial charge on any atom is -0.354 e. The van der Waals surface area contributed by atoms with Gasteiger partial charge in [0.1, 0.15) is 11.5 Å². The van der Waals surface area contributed by atoms with Crippen LogP contribution in [-0.2, 0) is 6.54 Å². The van der Waals surface area contributed by atoms with E-state index >= 15 is 0 Å². The second kappa shape index (κ2) is 10.2. The van der Waals surface area contributed by atoms with Gasteiger partial charge >= 0.3 is 0 Å². The van der Waals surface area contributed by atoms with Crippen molar-refractivity contribution < 1.29 is 8.91 Å². The van der Waals surface area contributed by atoms with Crippen molar-refractivity contribution in [3.05, 3.63) is 121 Å². The Hall–Kier alpha value is -4.12. The van der Waals surface area contributed by atoms with E-state index in [-0.39, 0.29) is 5.82 Å². The lowest BCUT2D eigenvalue weighted by Crippen LogP contribution is -2.26.